The smallest absolute Gasteiger partial charge is 0.0682 e. The van der Waals surface area contributed by atoms with Crippen LogP contribution in [0.4, 0.5) is 0 Å². The van der Waals surface area contributed by atoms with E-state index in [-0.39, 0.29) is 6.10 Å². The third-order valence-corrected chi connectivity index (χ3v) is 6.10. The molecule has 2 saturated heterocycles. The highest BCUT2D eigenvalue weighted by Gasteiger charge is 2.39. The highest BCUT2D eigenvalue weighted by atomic mass is 16.3. The Morgan fingerprint density at radius 2 is 1.65 bits per heavy atom. The Hall–Kier alpha value is -1.68. The highest BCUT2D eigenvalue weighted by Crippen LogP contribution is 2.28. The maximum Gasteiger partial charge on any atom is 0.0682 e. The lowest BCUT2D eigenvalue weighted by Crippen LogP contribution is -2.57. The van der Waals surface area contributed by atoms with Gasteiger partial charge in [-0.05, 0) is 29.9 Å². The second kappa shape index (κ2) is 7.91. The van der Waals surface area contributed by atoms with Gasteiger partial charge in [0, 0.05) is 38.3 Å². The topological polar surface area (TPSA) is 26.7 Å². The van der Waals surface area contributed by atoms with E-state index in [1.54, 1.807) is 0 Å². The molecule has 3 heteroatoms. The molecule has 1 N–H and O–H groups in total. The lowest BCUT2D eigenvalue weighted by molar-refractivity contribution is 0.0466. The number of aliphatic hydroxyl groups is 1. The van der Waals surface area contributed by atoms with Crippen molar-refractivity contribution in [2.45, 2.75) is 43.9 Å². The average molecular weight is 351 g/mol. The van der Waals surface area contributed by atoms with Crippen molar-refractivity contribution in [2.75, 3.05) is 26.2 Å². The van der Waals surface area contributed by atoms with Gasteiger partial charge in [-0.15, -0.1) is 0 Å². The van der Waals surface area contributed by atoms with Gasteiger partial charge in [0.2, 0.25) is 0 Å². The first-order chi connectivity index (χ1) is 12.7. The Bertz CT molecular complexity index is 690. The van der Waals surface area contributed by atoms with Gasteiger partial charge in [0.1, 0.15) is 0 Å². The molecule has 2 aliphatic heterocycles. The van der Waals surface area contributed by atoms with Crippen LogP contribution in [0.2, 0.25) is 0 Å². The number of benzene rings is 2. The Balaban J connectivity index is 1.50. The van der Waals surface area contributed by atoms with E-state index >= 15 is 0 Å². The quantitative estimate of drug-likeness (QED) is 0.897. The van der Waals surface area contributed by atoms with Gasteiger partial charge < -0.3 is 5.11 Å². The standard InChI is InChI=1S/C23H30N2O/c1-18(20-10-6-3-7-11-20)14-24-16-22-13-23(26)17-25(22)15-21(24)12-19-8-4-2-5-9-19/h2-11,18,21-23,26H,12-17H2,1H3/t18-,21+,22+,23-/m1/s1. The maximum absolute atomic E-state index is 10.1. The minimum absolute atomic E-state index is 0.149. The van der Waals surface area contributed by atoms with Crippen LogP contribution in [-0.4, -0.2) is 59.3 Å². The fourth-order valence-corrected chi connectivity index (χ4v) is 4.72. The van der Waals surface area contributed by atoms with E-state index in [1.165, 1.54) is 11.1 Å². The third kappa shape index (κ3) is 4.01. The number of nitrogens with zero attached hydrogens (tertiary/aromatic N) is 2. The zero-order valence-electron chi connectivity index (χ0n) is 15.7. The van der Waals surface area contributed by atoms with Crippen molar-refractivity contribution in [3.8, 4) is 0 Å². The van der Waals surface area contributed by atoms with Crippen LogP contribution >= 0.6 is 0 Å². The fourth-order valence-electron chi connectivity index (χ4n) is 4.72. The van der Waals surface area contributed by atoms with Crippen LogP contribution in [0.25, 0.3) is 0 Å². The molecule has 138 valence electrons. The van der Waals surface area contributed by atoms with Crippen LogP contribution in [0.15, 0.2) is 60.7 Å². The molecule has 0 bridgehead atoms. The second-order valence-corrected chi connectivity index (χ2v) is 8.11. The Morgan fingerprint density at radius 3 is 2.38 bits per heavy atom. The monoisotopic (exact) mass is 350 g/mol. The van der Waals surface area contributed by atoms with Crippen molar-refractivity contribution in [1.29, 1.82) is 0 Å². The van der Waals surface area contributed by atoms with Crippen molar-refractivity contribution >= 4 is 0 Å². The number of aliphatic hydroxyl groups excluding tert-OH is 1. The molecule has 0 unspecified atom stereocenters. The van der Waals surface area contributed by atoms with Crippen LogP contribution < -0.4 is 0 Å². The van der Waals surface area contributed by atoms with Crippen molar-refractivity contribution in [3.63, 3.8) is 0 Å². The molecule has 0 aliphatic carbocycles. The summed E-state index contributed by atoms with van der Waals surface area (Å²) in [6.07, 6.45) is 1.86. The second-order valence-electron chi connectivity index (χ2n) is 8.11. The molecule has 2 fully saturated rings. The average Bonchev–Trinajstić information content (AvgIpc) is 3.02. The maximum atomic E-state index is 10.1. The number of hydrogen-bond acceptors (Lipinski definition) is 3. The highest BCUT2D eigenvalue weighted by molar-refractivity contribution is 5.20. The van der Waals surface area contributed by atoms with Gasteiger partial charge in [-0.1, -0.05) is 67.6 Å². The SMILES string of the molecule is C[C@H](CN1C[C@@H]2C[C@@H](O)CN2C[C@@H]1Cc1ccccc1)c1ccccc1. The molecule has 0 spiro atoms. The minimum atomic E-state index is -0.149. The number of piperazine rings is 1. The Kier molecular flexibility index (Phi) is 5.39. The zero-order chi connectivity index (χ0) is 17.9. The van der Waals surface area contributed by atoms with Crippen LogP contribution in [0.5, 0.6) is 0 Å². The molecule has 2 aromatic rings. The molecule has 26 heavy (non-hydrogen) atoms. The van der Waals surface area contributed by atoms with Gasteiger partial charge in [0.25, 0.3) is 0 Å². The van der Waals surface area contributed by atoms with Gasteiger partial charge in [-0.25, -0.2) is 0 Å². The molecule has 0 amide bonds. The van der Waals surface area contributed by atoms with Crippen molar-refractivity contribution in [2.24, 2.45) is 0 Å². The summed E-state index contributed by atoms with van der Waals surface area (Å²) in [5.41, 5.74) is 2.83. The zero-order valence-corrected chi connectivity index (χ0v) is 15.7. The number of hydrogen-bond donors (Lipinski definition) is 1. The number of rotatable bonds is 5. The first-order valence-electron chi connectivity index (χ1n) is 9.94. The van der Waals surface area contributed by atoms with Crippen molar-refractivity contribution < 1.29 is 5.11 Å². The molecule has 0 radical (unpaired) electrons. The molecule has 0 saturated carbocycles. The van der Waals surface area contributed by atoms with E-state index in [2.05, 4.69) is 77.4 Å². The van der Waals surface area contributed by atoms with E-state index in [1.807, 2.05) is 0 Å². The lowest BCUT2D eigenvalue weighted by Gasteiger charge is -2.44. The summed E-state index contributed by atoms with van der Waals surface area (Å²) in [7, 11) is 0. The van der Waals surface area contributed by atoms with E-state index in [0.717, 1.165) is 39.0 Å². The molecule has 2 heterocycles. The summed E-state index contributed by atoms with van der Waals surface area (Å²) in [6.45, 7) is 6.41. The molecule has 2 aliphatic rings. The lowest BCUT2D eigenvalue weighted by atomic mass is 9.95. The van der Waals surface area contributed by atoms with Gasteiger partial charge in [-0.2, -0.15) is 0 Å². The van der Waals surface area contributed by atoms with Gasteiger partial charge >= 0.3 is 0 Å². The van der Waals surface area contributed by atoms with Crippen LogP contribution in [-0.2, 0) is 6.42 Å². The van der Waals surface area contributed by atoms with Crippen molar-refractivity contribution in [3.05, 3.63) is 71.8 Å². The summed E-state index contributed by atoms with van der Waals surface area (Å²) in [6, 6.07) is 22.7. The molecule has 0 aromatic heterocycles. The molecular formula is C23H30N2O. The predicted molar refractivity (Wildman–Crippen MR) is 106 cm³/mol. The molecular weight excluding hydrogens is 320 g/mol. The van der Waals surface area contributed by atoms with Crippen LogP contribution in [0, 0.1) is 0 Å². The van der Waals surface area contributed by atoms with Crippen LogP contribution in [0.3, 0.4) is 0 Å². The van der Waals surface area contributed by atoms with E-state index in [4.69, 9.17) is 0 Å². The van der Waals surface area contributed by atoms with Gasteiger partial charge in [-0.3, -0.25) is 9.80 Å². The molecule has 3 nitrogen and oxygen atoms in total. The Labute approximate surface area is 157 Å². The minimum Gasteiger partial charge on any atom is -0.392 e. The van der Waals surface area contributed by atoms with E-state index < -0.39 is 0 Å². The number of fused-ring (bicyclic) bond motifs is 1. The molecule has 2 aromatic carbocycles. The molecule has 4 rings (SSSR count). The van der Waals surface area contributed by atoms with Gasteiger partial charge in [0.15, 0.2) is 0 Å². The fraction of sp³-hybridized carbons (Fsp3) is 0.478. The normalized spacial score (nSPS) is 28.0. The summed E-state index contributed by atoms with van der Waals surface area (Å²) in [5, 5.41) is 10.1. The summed E-state index contributed by atoms with van der Waals surface area (Å²) >= 11 is 0. The first-order valence-corrected chi connectivity index (χ1v) is 9.94. The summed E-state index contributed by atoms with van der Waals surface area (Å²) in [4.78, 5) is 5.20. The molecule has 4 atom stereocenters. The Morgan fingerprint density at radius 1 is 0.962 bits per heavy atom. The summed E-state index contributed by atoms with van der Waals surface area (Å²) < 4.78 is 0. The largest absolute Gasteiger partial charge is 0.392 e. The van der Waals surface area contributed by atoms with E-state index in [0.29, 0.717) is 18.0 Å². The third-order valence-electron chi connectivity index (χ3n) is 6.10. The first kappa shape index (κ1) is 17.7. The predicted octanol–water partition coefficient (Wildman–Crippen LogP) is 3.15. The van der Waals surface area contributed by atoms with Gasteiger partial charge in [0.05, 0.1) is 6.10 Å². The van der Waals surface area contributed by atoms with Crippen LogP contribution in [0.1, 0.15) is 30.4 Å². The van der Waals surface area contributed by atoms with Crippen molar-refractivity contribution in [1.82, 2.24) is 9.80 Å². The van der Waals surface area contributed by atoms with E-state index in [9.17, 15) is 5.11 Å². The summed E-state index contributed by atoms with van der Waals surface area (Å²) in [5.74, 6) is 0.521.